The quantitative estimate of drug-likeness (QED) is 0.310. The third-order valence-electron chi connectivity index (χ3n) is 4.68. The van der Waals surface area contributed by atoms with Crippen molar-refractivity contribution in [1.29, 1.82) is 0 Å². The Morgan fingerprint density at radius 2 is 1.06 bits per heavy atom. The molecule has 0 heterocycles. The third kappa shape index (κ3) is 5.65. The number of hydrogen-bond acceptors (Lipinski definition) is 9. The van der Waals surface area contributed by atoms with Crippen LogP contribution in [0.2, 0.25) is 0 Å². The van der Waals surface area contributed by atoms with Crippen LogP contribution in [0.5, 0.6) is 0 Å². The first-order valence-corrected chi connectivity index (χ1v) is 13.4. The van der Waals surface area contributed by atoms with Gasteiger partial charge in [-0.25, -0.2) is 0 Å². The van der Waals surface area contributed by atoms with Crippen molar-refractivity contribution in [2.24, 2.45) is 0 Å². The van der Waals surface area contributed by atoms with E-state index in [1.54, 1.807) is 12.1 Å². The first kappa shape index (κ1) is 27.1. The summed E-state index contributed by atoms with van der Waals surface area (Å²) in [4.78, 5) is 20.2. The Morgan fingerprint density at radius 1 is 0.750 bits per heavy atom. The van der Waals surface area contributed by atoms with Crippen LogP contribution in [0.4, 0.5) is 0 Å². The summed E-state index contributed by atoms with van der Waals surface area (Å²) in [6.07, 6.45) is 0. The SMILES string of the molecule is COP(=O)(O)C(O)(CO[PH](=O)OCC(O)(c1ccccc1)P(=O)(O)OC)c1ccccc1. The summed E-state index contributed by atoms with van der Waals surface area (Å²) in [7, 11) is -11.1. The normalized spacial score (nSPS) is 20.3. The monoisotopic (exact) mass is 510 g/mol. The molecule has 2 aromatic rings. The lowest BCUT2D eigenvalue weighted by Crippen LogP contribution is -2.32. The van der Waals surface area contributed by atoms with Crippen LogP contribution in [0, 0.1) is 0 Å². The van der Waals surface area contributed by atoms with Gasteiger partial charge in [0.2, 0.25) is 10.7 Å². The van der Waals surface area contributed by atoms with Crippen molar-refractivity contribution in [2.45, 2.75) is 10.7 Å². The van der Waals surface area contributed by atoms with Crippen LogP contribution >= 0.6 is 23.4 Å². The smallest absolute Gasteiger partial charge is 0.366 e. The molecule has 0 saturated carbocycles. The molecule has 0 amide bonds. The van der Waals surface area contributed by atoms with Crippen LogP contribution in [0.3, 0.4) is 0 Å². The molecule has 0 aliphatic rings. The highest BCUT2D eigenvalue weighted by atomic mass is 31.2. The Kier molecular flexibility index (Phi) is 9.15. The summed E-state index contributed by atoms with van der Waals surface area (Å²) in [6, 6.07) is 14.6. The predicted octanol–water partition coefficient (Wildman–Crippen LogP) is 2.76. The summed E-state index contributed by atoms with van der Waals surface area (Å²) in [5.74, 6) is 0. The molecular weight excluding hydrogens is 485 g/mol. The van der Waals surface area contributed by atoms with Gasteiger partial charge in [0, 0.05) is 14.2 Å². The third-order valence-corrected chi connectivity index (χ3v) is 9.08. The maximum Gasteiger partial charge on any atom is 0.366 e. The Labute approximate surface area is 185 Å². The molecule has 178 valence electrons. The predicted molar refractivity (Wildman–Crippen MR) is 115 cm³/mol. The molecule has 0 saturated heterocycles. The topological polar surface area (TPSA) is 169 Å². The van der Waals surface area contributed by atoms with Gasteiger partial charge >= 0.3 is 23.4 Å². The van der Waals surface area contributed by atoms with Crippen molar-refractivity contribution in [3.63, 3.8) is 0 Å². The van der Waals surface area contributed by atoms with Crippen molar-refractivity contribution in [3.8, 4) is 0 Å². The molecule has 4 unspecified atom stereocenters. The summed E-state index contributed by atoms with van der Waals surface area (Å²) in [5, 5.41) is 16.5. The van der Waals surface area contributed by atoms with Crippen LogP contribution in [0.25, 0.3) is 0 Å². The van der Waals surface area contributed by atoms with E-state index in [9.17, 15) is 33.7 Å². The van der Waals surface area contributed by atoms with Crippen LogP contribution in [0.15, 0.2) is 60.7 Å². The van der Waals surface area contributed by atoms with Crippen LogP contribution in [-0.2, 0) is 42.5 Å². The minimum atomic E-state index is -4.71. The minimum absolute atomic E-state index is 0.0393. The van der Waals surface area contributed by atoms with E-state index >= 15 is 0 Å². The van der Waals surface area contributed by atoms with Gasteiger partial charge in [-0.1, -0.05) is 60.7 Å². The highest BCUT2D eigenvalue weighted by Crippen LogP contribution is 2.61. The summed E-state index contributed by atoms with van der Waals surface area (Å²) >= 11 is 0. The fourth-order valence-electron chi connectivity index (χ4n) is 2.73. The van der Waals surface area contributed by atoms with Gasteiger partial charge in [-0.15, -0.1) is 0 Å². The molecule has 32 heavy (non-hydrogen) atoms. The van der Waals surface area contributed by atoms with E-state index in [0.717, 1.165) is 14.2 Å². The Hall–Kier alpha value is -1.19. The molecule has 0 fully saturated rings. The molecule has 14 heteroatoms. The lowest BCUT2D eigenvalue weighted by molar-refractivity contribution is 0.0151. The van der Waals surface area contributed by atoms with Crippen molar-refractivity contribution in [3.05, 3.63) is 71.8 Å². The molecule has 0 aromatic heterocycles. The Bertz CT molecular complexity index is 924. The average Bonchev–Trinajstić information content (AvgIpc) is 2.81. The zero-order valence-corrected chi connectivity index (χ0v) is 20.0. The van der Waals surface area contributed by atoms with Crippen LogP contribution in [-0.4, -0.2) is 47.4 Å². The number of rotatable bonds is 12. The molecule has 0 bridgehead atoms. The molecule has 2 aromatic carbocycles. The minimum Gasteiger partial charge on any atom is -0.371 e. The van der Waals surface area contributed by atoms with E-state index in [2.05, 4.69) is 9.05 Å². The van der Waals surface area contributed by atoms with E-state index in [1.807, 2.05) is 0 Å². The largest absolute Gasteiger partial charge is 0.371 e. The number of hydrogen-bond donors (Lipinski definition) is 4. The molecule has 0 aliphatic heterocycles. The standard InChI is InChI=1S/C18H25O11P3/c1-26-31(22,23)17(19,15-9-5-3-6-10-15)13-28-30(21)29-14-18(20,32(24,25)27-2)16-11-7-4-8-12-16/h3-12,19-20,30H,13-14H2,1-2H3,(H,22,23)(H,24,25). The fraction of sp³-hybridized carbons (Fsp3) is 0.333. The van der Waals surface area contributed by atoms with Gasteiger partial charge in [0.15, 0.2) is 0 Å². The van der Waals surface area contributed by atoms with Crippen molar-refractivity contribution in [2.75, 3.05) is 27.4 Å². The molecule has 2 rings (SSSR count). The van der Waals surface area contributed by atoms with Gasteiger partial charge in [-0.05, 0) is 11.1 Å². The van der Waals surface area contributed by atoms with Gasteiger partial charge in [0.25, 0.3) is 0 Å². The summed E-state index contributed by atoms with van der Waals surface area (Å²) in [5.41, 5.74) is -0.0787. The summed E-state index contributed by atoms with van der Waals surface area (Å²) in [6.45, 7) is -1.94. The first-order valence-electron chi connectivity index (χ1n) is 9.06. The lowest BCUT2D eigenvalue weighted by Gasteiger charge is -2.32. The zero-order chi connectivity index (χ0) is 24.0. The fourth-order valence-corrected chi connectivity index (χ4v) is 5.72. The summed E-state index contributed by atoms with van der Waals surface area (Å²) < 4.78 is 56.2. The van der Waals surface area contributed by atoms with Crippen molar-refractivity contribution in [1.82, 2.24) is 0 Å². The second-order valence-electron chi connectivity index (χ2n) is 6.60. The molecule has 11 nitrogen and oxygen atoms in total. The van der Waals surface area contributed by atoms with Gasteiger partial charge in [0.1, 0.15) is 13.2 Å². The van der Waals surface area contributed by atoms with E-state index in [1.165, 1.54) is 48.5 Å². The highest BCUT2D eigenvalue weighted by molar-refractivity contribution is 7.54. The zero-order valence-electron chi connectivity index (χ0n) is 17.2. The molecule has 0 radical (unpaired) electrons. The molecule has 0 aliphatic carbocycles. The van der Waals surface area contributed by atoms with Crippen LogP contribution in [0.1, 0.15) is 11.1 Å². The first-order chi connectivity index (χ1) is 14.9. The maximum absolute atomic E-state index is 12.4. The van der Waals surface area contributed by atoms with E-state index in [0.29, 0.717) is 0 Å². The van der Waals surface area contributed by atoms with Gasteiger partial charge in [0.05, 0.1) is 0 Å². The van der Waals surface area contributed by atoms with E-state index in [4.69, 9.17) is 9.05 Å². The number of benzene rings is 2. The van der Waals surface area contributed by atoms with Crippen LogP contribution < -0.4 is 0 Å². The second-order valence-corrected chi connectivity index (χ2v) is 12.0. The van der Waals surface area contributed by atoms with Gasteiger partial charge in [-0.3, -0.25) is 13.7 Å². The van der Waals surface area contributed by atoms with Gasteiger partial charge in [-0.2, -0.15) is 0 Å². The second kappa shape index (κ2) is 10.8. The Balaban J connectivity index is 2.20. The van der Waals surface area contributed by atoms with Crippen molar-refractivity contribution >= 4 is 23.4 Å². The Morgan fingerprint density at radius 3 is 1.34 bits per heavy atom. The maximum atomic E-state index is 12.4. The average molecular weight is 510 g/mol. The molecular formula is C18H25O11P3. The van der Waals surface area contributed by atoms with Crippen molar-refractivity contribution < 1.29 is 51.8 Å². The number of aliphatic hydroxyl groups is 2. The van der Waals surface area contributed by atoms with Gasteiger partial charge < -0.3 is 38.1 Å². The molecule has 4 atom stereocenters. The highest BCUT2D eigenvalue weighted by Gasteiger charge is 2.51. The lowest BCUT2D eigenvalue weighted by atomic mass is 10.1. The van der Waals surface area contributed by atoms with E-state index < -0.39 is 47.3 Å². The molecule has 4 N–H and O–H groups in total. The van der Waals surface area contributed by atoms with E-state index in [-0.39, 0.29) is 11.1 Å². The molecule has 0 spiro atoms.